The molecule has 3 aromatic carbocycles. The Hall–Kier alpha value is -0.870. The van der Waals surface area contributed by atoms with E-state index in [2.05, 4.69) is 37.9 Å². The van der Waals surface area contributed by atoms with Crippen LogP contribution in [0.1, 0.15) is 17.2 Å². The van der Waals surface area contributed by atoms with Gasteiger partial charge in [-0.05, 0) is 40.8 Å². The van der Waals surface area contributed by atoms with Crippen LogP contribution in [0.4, 0.5) is 0 Å². The van der Waals surface area contributed by atoms with E-state index < -0.39 is 0 Å². The molecular formula is C17H12Br2ClN. The van der Waals surface area contributed by atoms with Crippen LogP contribution < -0.4 is 5.73 Å². The maximum atomic E-state index is 6.51. The fourth-order valence-electron chi connectivity index (χ4n) is 2.48. The van der Waals surface area contributed by atoms with Crippen LogP contribution in [0.2, 0.25) is 5.02 Å². The van der Waals surface area contributed by atoms with Crippen LogP contribution in [0, 0.1) is 0 Å². The average Bonchev–Trinajstić information content (AvgIpc) is 2.50. The van der Waals surface area contributed by atoms with Crippen molar-refractivity contribution in [2.75, 3.05) is 0 Å². The lowest BCUT2D eigenvalue weighted by Crippen LogP contribution is -2.13. The Morgan fingerprint density at radius 1 is 0.857 bits per heavy atom. The van der Waals surface area contributed by atoms with E-state index >= 15 is 0 Å². The second-order valence-corrected chi connectivity index (χ2v) is 7.00. The molecule has 1 unspecified atom stereocenters. The van der Waals surface area contributed by atoms with Crippen molar-refractivity contribution in [3.63, 3.8) is 0 Å². The number of nitrogens with two attached hydrogens (primary N) is 1. The molecule has 0 spiro atoms. The van der Waals surface area contributed by atoms with Crippen LogP contribution in [-0.2, 0) is 0 Å². The standard InChI is InChI=1S/C17H12Br2ClN/c18-10-5-7-15(19)14(9-10)17(21)13-6-8-16(20)12-4-2-1-3-11(12)13/h1-9,17H,21H2. The summed E-state index contributed by atoms with van der Waals surface area (Å²) in [6.45, 7) is 0. The molecule has 0 aromatic heterocycles. The minimum absolute atomic E-state index is 0.223. The summed E-state index contributed by atoms with van der Waals surface area (Å²) in [6.07, 6.45) is 0. The topological polar surface area (TPSA) is 26.0 Å². The molecule has 0 fully saturated rings. The summed E-state index contributed by atoms with van der Waals surface area (Å²) in [4.78, 5) is 0. The van der Waals surface area contributed by atoms with Crippen LogP contribution in [0.25, 0.3) is 10.8 Å². The average molecular weight is 426 g/mol. The van der Waals surface area contributed by atoms with Gasteiger partial charge < -0.3 is 5.73 Å². The molecule has 0 saturated carbocycles. The van der Waals surface area contributed by atoms with Crippen molar-refractivity contribution < 1.29 is 0 Å². The SMILES string of the molecule is NC(c1cc(Br)ccc1Br)c1ccc(Cl)c2ccccc12. The van der Waals surface area contributed by atoms with Crippen LogP contribution in [0.15, 0.2) is 63.5 Å². The van der Waals surface area contributed by atoms with Crippen LogP contribution >= 0.6 is 43.5 Å². The van der Waals surface area contributed by atoms with Crippen molar-refractivity contribution in [2.45, 2.75) is 6.04 Å². The normalized spacial score (nSPS) is 12.6. The molecule has 106 valence electrons. The van der Waals surface area contributed by atoms with Gasteiger partial charge in [-0.25, -0.2) is 0 Å². The largest absolute Gasteiger partial charge is 0.320 e. The summed E-state index contributed by atoms with van der Waals surface area (Å²) in [5.74, 6) is 0. The first-order valence-corrected chi connectivity index (χ1v) is 8.42. The van der Waals surface area contributed by atoms with Crippen molar-refractivity contribution in [2.24, 2.45) is 5.73 Å². The number of fused-ring (bicyclic) bond motifs is 1. The minimum atomic E-state index is -0.223. The fraction of sp³-hybridized carbons (Fsp3) is 0.0588. The lowest BCUT2D eigenvalue weighted by atomic mass is 9.94. The Labute approximate surface area is 145 Å². The molecule has 2 N–H and O–H groups in total. The molecule has 0 aliphatic carbocycles. The second-order valence-electron chi connectivity index (χ2n) is 4.83. The summed E-state index contributed by atoms with van der Waals surface area (Å²) in [5.41, 5.74) is 8.61. The molecule has 1 atom stereocenters. The minimum Gasteiger partial charge on any atom is -0.320 e. The van der Waals surface area contributed by atoms with Crippen LogP contribution in [-0.4, -0.2) is 0 Å². The molecule has 3 aromatic rings. The third-order valence-corrected chi connectivity index (χ3v) is 5.08. The van der Waals surface area contributed by atoms with Gasteiger partial charge in [0.05, 0.1) is 6.04 Å². The van der Waals surface area contributed by atoms with E-state index in [-0.39, 0.29) is 6.04 Å². The summed E-state index contributed by atoms with van der Waals surface area (Å²) in [6, 6.07) is 17.8. The smallest absolute Gasteiger partial charge is 0.0569 e. The van der Waals surface area contributed by atoms with Crippen molar-refractivity contribution in [3.05, 3.63) is 79.7 Å². The van der Waals surface area contributed by atoms with Gasteiger partial charge in [-0.15, -0.1) is 0 Å². The highest BCUT2D eigenvalue weighted by molar-refractivity contribution is 9.11. The maximum absolute atomic E-state index is 6.51. The highest BCUT2D eigenvalue weighted by Gasteiger charge is 2.16. The van der Waals surface area contributed by atoms with Crippen molar-refractivity contribution in [1.82, 2.24) is 0 Å². The molecule has 0 saturated heterocycles. The molecule has 0 bridgehead atoms. The first-order valence-electron chi connectivity index (χ1n) is 6.45. The van der Waals surface area contributed by atoms with Crippen LogP contribution in [0.3, 0.4) is 0 Å². The van der Waals surface area contributed by atoms with Gasteiger partial charge in [-0.1, -0.05) is 73.8 Å². The van der Waals surface area contributed by atoms with Gasteiger partial charge in [0.1, 0.15) is 0 Å². The molecule has 0 aliphatic heterocycles. The molecule has 0 amide bonds. The van der Waals surface area contributed by atoms with E-state index in [9.17, 15) is 0 Å². The highest BCUT2D eigenvalue weighted by Crippen LogP contribution is 2.35. The highest BCUT2D eigenvalue weighted by atomic mass is 79.9. The predicted octanol–water partition coefficient (Wildman–Crippen LogP) is 6.07. The zero-order valence-corrected chi connectivity index (χ0v) is 14.9. The number of hydrogen-bond donors (Lipinski definition) is 1. The zero-order valence-electron chi connectivity index (χ0n) is 11.0. The van der Waals surface area contributed by atoms with Crippen molar-refractivity contribution >= 4 is 54.2 Å². The van der Waals surface area contributed by atoms with Gasteiger partial charge in [0.25, 0.3) is 0 Å². The van der Waals surface area contributed by atoms with Gasteiger partial charge in [0.15, 0.2) is 0 Å². The molecular weight excluding hydrogens is 413 g/mol. The molecule has 21 heavy (non-hydrogen) atoms. The van der Waals surface area contributed by atoms with Crippen molar-refractivity contribution in [1.29, 1.82) is 0 Å². The number of hydrogen-bond acceptors (Lipinski definition) is 1. The Bertz CT molecular complexity index is 817. The number of halogens is 3. The summed E-state index contributed by atoms with van der Waals surface area (Å²) in [5, 5.41) is 2.86. The van der Waals surface area contributed by atoms with E-state index in [1.54, 1.807) is 0 Å². The second kappa shape index (κ2) is 6.09. The van der Waals surface area contributed by atoms with Gasteiger partial charge >= 0.3 is 0 Å². The molecule has 0 aliphatic rings. The predicted molar refractivity (Wildman–Crippen MR) is 96.8 cm³/mol. The lowest BCUT2D eigenvalue weighted by molar-refractivity contribution is 0.874. The molecule has 3 rings (SSSR count). The van der Waals surface area contributed by atoms with Crippen LogP contribution in [0.5, 0.6) is 0 Å². The number of rotatable bonds is 2. The quantitative estimate of drug-likeness (QED) is 0.530. The van der Waals surface area contributed by atoms with E-state index in [1.807, 2.05) is 48.5 Å². The van der Waals surface area contributed by atoms with Crippen molar-refractivity contribution in [3.8, 4) is 0 Å². The zero-order chi connectivity index (χ0) is 15.0. The first kappa shape index (κ1) is 15.0. The van der Waals surface area contributed by atoms with Gasteiger partial charge in [0.2, 0.25) is 0 Å². The Morgan fingerprint density at radius 3 is 2.33 bits per heavy atom. The molecule has 4 heteroatoms. The molecule has 0 radical (unpaired) electrons. The summed E-state index contributed by atoms with van der Waals surface area (Å²) in [7, 11) is 0. The van der Waals surface area contributed by atoms with E-state index in [4.69, 9.17) is 17.3 Å². The van der Waals surface area contributed by atoms with Gasteiger partial charge in [-0.2, -0.15) is 0 Å². The Balaban J connectivity index is 2.20. The summed E-state index contributed by atoms with van der Waals surface area (Å²) < 4.78 is 2.01. The first-order chi connectivity index (χ1) is 10.1. The third-order valence-electron chi connectivity index (χ3n) is 3.53. The molecule has 0 heterocycles. The van der Waals surface area contributed by atoms with E-state index in [0.717, 1.165) is 35.9 Å². The number of benzene rings is 3. The summed E-state index contributed by atoms with van der Waals surface area (Å²) >= 11 is 13.4. The van der Waals surface area contributed by atoms with Gasteiger partial charge in [-0.3, -0.25) is 0 Å². The Kier molecular flexibility index (Phi) is 4.36. The monoisotopic (exact) mass is 423 g/mol. The maximum Gasteiger partial charge on any atom is 0.0569 e. The van der Waals surface area contributed by atoms with E-state index in [1.165, 1.54) is 0 Å². The molecule has 1 nitrogen and oxygen atoms in total. The third kappa shape index (κ3) is 2.88. The van der Waals surface area contributed by atoms with E-state index in [0.29, 0.717) is 0 Å². The fourth-order valence-corrected chi connectivity index (χ4v) is 3.58. The lowest BCUT2D eigenvalue weighted by Gasteiger charge is -2.17. The Morgan fingerprint density at radius 2 is 1.57 bits per heavy atom. The van der Waals surface area contributed by atoms with Gasteiger partial charge in [0, 0.05) is 19.4 Å².